The lowest BCUT2D eigenvalue weighted by atomic mass is 10.1. The average molecular weight is 212 g/mol. The lowest BCUT2D eigenvalue weighted by Crippen LogP contribution is -2.33. The van der Waals surface area contributed by atoms with Gasteiger partial charge in [0.1, 0.15) is 0 Å². The van der Waals surface area contributed by atoms with E-state index in [4.69, 9.17) is 5.73 Å². The van der Waals surface area contributed by atoms with Crippen LogP contribution in [0.3, 0.4) is 0 Å². The Labute approximate surface area is 93.3 Å². The van der Waals surface area contributed by atoms with E-state index in [0.717, 1.165) is 32.2 Å². The molecule has 15 heavy (non-hydrogen) atoms. The summed E-state index contributed by atoms with van der Waals surface area (Å²) in [5.74, 6) is 0.153. The zero-order chi connectivity index (χ0) is 11.7. The van der Waals surface area contributed by atoms with Crippen molar-refractivity contribution in [2.24, 2.45) is 5.73 Å². The van der Waals surface area contributed by atoms with E-state index < -0.39 is 0 Å². The minimum absolute atomic E-state index is 0.0179. The van der Waals surface area contributed by atoms with Crippen LogP contribution in [0.25, 0.3) is 0 Å². The van der Waals surface area contributed by atoms with E-state index in [2.05, 4.69) is 13.5 Å². The molecule has 0 radical (unpaired) electrons. The van der Waals surface area contributed by atoms with E-state index in [0.29, 0.717) is 6.42 Å². The summed E-state index contributed by atoms with van der Waals surface area (Å²) in [5.41, 5.74) is 5.81. The Morgan fingerprint density at radius 2 is 2.27 bits per heavy atom. The first-order valence-corrected chi connectivity index (χ1v) is 5.72. The van der Waals surface area contributed by atoms with Crippen molar-refractivity contribution in [1.29, 1.82) is 0 Å². The van der Waals surface area contributed by atoms with E-state index in [-0.39, 0.29) is 11.9 Å². The van der Waals surface area contributed by atoms with Crippen LogP contribution in [0.15, 0.2) is 12.7 Å². The van der Waals surface area contributed by atoms with Gasteiger partial charge in [0.05, 0.1) is 0 Å². The van der Waals surface area contributed by atoms with Gasteiger partial charge in [0.25, 0.3) is 0 Å². The number of allylic oxidation sites excluding steroid dienone is 1. The average Bonchev–Trinajstić information content (AvgIpc) is 2.18. The molecule has 0 fully saturated rings. The molecular formula is C12H24N2O. The predicted octanol–water partition coefficient (Wildman–Crippen LogP) is 1.93. The smallest absolute Gasteiger partial charge is 0.223 e. The number of carbonyl (C=O) groups excluding carboxylic acids is 1. The Balaban J connectivity index is 3.72. The third-order valence-corrected chi connectivity index (χ3v) is 2.42. The van der Waals surface area contributed by atoms with Gasteiger partial charge in [-0.25, -0.2) is 0 Å². The molecule has 3 nitrogen and oxygen atoms in total. The van der Waals surface area contributed by atoms with Gasteiger partial charge < -0.3 is 10.6 Å². The van der Waals surface area contributed by atoms with Gasteiger partial charge in [-0.1, -0.05) is 19.4 Å². The largest absolute Gasteiger partial charge is 0.346 e. The first-order valence-electron chi connectivity index (χ1n) is 5.72. The summed E-state index contributed by atoms with van der Waals surface area (Å²) in [5, 5.41) is 0. The molecule has 0 saturated heterocycles. The molecule has 1 atom stereocenters. The van der Waals surface area contributed by atoms with Crippen LogP contribution in [-0.4, -0.2) is 30.4 Å². The van der Waals surface area contributed by atoms with Gasteiger partial charge in [-0.15, -0.1) is 6.58 Å². The highest BCUT2D eigenvalue weighted by Gasteiger charge is 2.12. The lowest BCUT2D eigenvalue weighted by Gasteiger charge is -2.19. The van der Waals surface area contributed by atoms with E-state index >= 15 is 0 Å². The molecule has 1 amide bonds. The number of carbonyl (C=O) groups is 1. The number of hydrogen-bond acceptors (Lipinski definition) is 2. The summed E-state index contributed by atoms with van der Waals surface area (Å²) in [6.45, 7) is 6.53. The molecule has 0 aliphatic rings. The van der Waals surface area contributed by atoms with Crippen LogP contribution in [0, 0.1) is 0 Å². The van der Waals surface area contributed by atoms with Crippen molar-refractivity contribution in [1.82, 2.24) is 4.90 Å². The van der Waals surface area contributed by atoms with Gasteiger partial charge >= 0.3 is 0 Å². The molecule has 3 heteroatoms. The lowest BCUT2D eigenvalue weighted by molar-refractivity contribution is -0.130. The normalized spacial score (nSPS) is 12.2. The fourth-order valence-electron chi connectivity index (χ4n) is 1.45. The van der Waals surface area contributed by atoms with E-state index in [1.54, 1.807) is 4.90 Å². The highest BCUT2D eigenvalue weighted by molar-refractivity contribution is 5.76. The van der Waals surface area contributed by atoms with Crippen LogP contribution in [0.5, 0.6) is 0 Å². The number of nitrogens with zero attached hydrogens (tertiary/aromatic N) is 1. The van der Waals surface area contributed by atoms with Gasteiger partial charge in [0.15, 0.2) is 0 Å². The Bertz CT molecular complexity index is 192. The summed E-state index contributed by atoms with van der Waals surface area (Å²) in [6, 6.07) is 0.0179. The topological polar surface area (TPSA) is 46.3 Å². The molecule has 0 heterocycles. The maximum atomic E-state index is 11.6. The zero-order valence-electron chi connectivity index (χ0n) is 10.0. The number of unbranched alkanes of at least 4 members (excludes halogenated alkanes) is 1. The second-order valence-electron chi connectivity index (χ2n) is 4.00. The predicted molar refractivity (Wildman–Crippen MR) is 64.6 cm³/mol. The van der Waals surface area contributed by atoms with Crippen molar-refractivity contribution < 1.29 is 4.79 Å². The second kappa shape index (κ2) is 8.48. The van der Waals surface area contributed by atoms with Crippen LogP contribution in [0.4, 0.5) is 0 Å². The first kappa shape index (κ1) is 14.2. The highest BCUT2D eigenvalue weighted by atomic mass is 16.2. The molecule has 1 unspecified atom stereocenters. The molecule has 0 aromatic heterocycles. The van der Waals surface area contributed by atoms with Crippen LogP contribution >= 0.6 is 0 Å². The quantitative estimate of drug-likeness (QED) is 0.493. The minimum atomic E-state index is 0.0179. The molecule has 2 N–H and O–H groups in total. The summed E-state index contributed by atoms with van der Waals surface area (Å²) in [6.07, 6.45) is 6.24. The van der Waals surface area contributed by atoms with Gasteiger partial charge in [0.2, 0.25) is 5.91 Å². The van der Waals surface area contributed by atoms with Gasteiger partial charge in [-0.3, -0.25) is 4.79 Å². The number of rotatable bonds is 8. The van der Waals surface area contributed by atoms with Crippen molar-refractivity contribution in [3.05, 3.63) is 12.7 Å². The molecule has 0 aromatic rings. The molecule has 0 spiro atoms. The number of nitrogens with two attached hydrogens (primary N) is 1. The van der Waals surface area contributed by atoms with Crippen molar-refractivity contribution in [2.45, 2.75) is 45.1 Å². The molecule has 0 saturated carbocycles. The van der Waals surface area contributed by atoms with Crippen molar-refractivity contribution in [3.63, 3.8) is 0 Å². The second-order valence-corrected chi connectivity index (χ2v) is 4.00. The summed E-state index contributed by atoms with van der Waals surface area (Å²) in [7, 11) is 1.84. The summed E-state index contributed by atoms with van der Waals surface area (Å²) in [4.78, 5) is 13.4. The fourth-order valence-corrected chi connectivity index (χ4v) is 1.45. The molecule has 88 valence electrons. The van der Waals surface area contributed by atoms with E-state index in [1.165, 1.54) is 0 Å². The van der Waals surface area contributed by atoms with Crippen molar-refractivity contribution >= 4 is 5.91 Å². The third kappa shape index (κ3) is 7.14. The fraction of sp³-hybridized carbons (Fsp3) is 0.750. The van der Waals surface area contributed by atoms with Gasteiger partial charge in [-0.05, 0) is 19.3 Å². The summed E-state index contributed by atoms with van der Waals surface area (Å²) < 4.78 is 0. The molecular weight excluding hydrogens is 188 g/mol. The number of hydrogen-bond donors (Lipinski definition) is 1. The van der Waals surface area contributed by atoms with Gasteiger partial charge in [0, 0.05) is 26.1 Å². The van der Waals surface area contributed by atoms with Crippen molar-refractivity contribution in [3.8, 4) is 0 Å². The first-order chi connectivity index (χ1) is 7.11. The Morgan fingerprint density at radius 1 is 1.60 bits per heavy atom. The van der Waals surface area contributed by atoms with E-state index in [9.17, 15) is 4.79 Å². The SMILES string of the molecule is C=CCCCN(C)C(=O)CC(N)CCC. The van der Waals surface area contributed by atoms with Crippen LogP contribution in [0.1, 0.15) is 39.0 Å². The Kier molecular flexibility index (Phi) is 8.01. The third-order valence-electron chi connectivity index (χ3n) is 2.42. The molecule has 0 aromatic carbocycles. The minimum Gasteiger partial charge on any atom is -0.346 e. The molecule has 0 aliphatic heterocycles. The highest BCUT2D eigenvalue weighted by Crippen LogP contribution is 2.02. The maximum Gasteiger partial charge on any atom is 0.223 e. The number of amides is 1. The van der Waals surface area contributed by atoms with Crippen LogP contribution < -0.4 is 5.73 Å². The maximum absolute atomic E-state index is 11.6. The Morgan fingerprint density at radius 3 is 2.80 bits per heavy atom. The monoisotopic (exact) mass is 212 g/mol. The Hall–Kier alpha value is -0.830. The molecule has 0 aliphatic carbocycles. The van der Waals surface area contributed by atoms with Crippen molar-refractivity contribution in [2.75, 3.05) is 13.6 Å². The summed E-state index contributed by atoms with van der Waals surface area (Å²) >= 11 is 0. The van der Waals surface area contributed by atoms with Crippen LogP contribution in [-0.2, 0) is 4.79 Å². The standard InChI is InChI=1S/C12H24N2O/c1-4-6-7-9-14(3)12(15)10-11(13)8-5-2/h4,11H,1,5-10,13H2,2-3H3. The zero-order valence-corrected chi connectivity index (χ0v) is 10.0. The van der Waals surface area contributed by atoms with Gasteiger partial charge in [-0.2, -0.15) is 0 Å². The molecule has 0 bridgehead atoms. The molecule has 0 rings (SSSR count). The van der Waals surface area contributed by atoms with Crippen LogP contribution in [0.2, 0.25) is 0 Å². The van der Waals surface area contributed by atoms with E-state index in [1.807, 2.05) is 13.1 Å².